The summed E-state index contributed by atoms with van der Waals surface area (Å²) in [5.74, 6) is -0.371. The minimum atomic E-state index is -3.61. The van der Waals surface area contributed by atoms with Gasteiger partial charge in [-0.15, -0.1) is 11.3 Å². The molecule has 2 heterocycles. The molecule has 1 aliphatic heterocycles. The van der Waals surface area contributed by atoms with Crippen molar-refractivity contribution in [3.63, 3.8) is 0 Å². The van der Waals surface area contributed by atoms with Crippen LogP contribution in [0, 0.1) is 0 Å². The van der Waals surface area contributed by atoms with Gasteiger partial charge in [0.15, 0.2) is 0 Å². The van der Waals surface area contributed by atoms with Gasteiger partial charge in [0.2, 0.25) is 10.0 Å². The number of benzene rings is 2. The van der Waals surface area contributed by atoms with Crippen molar-refractivity contribution in [2.75, 3.05) is 38.0 Å². The molecule has 0 atom stereocenters. The number of amides is 1. The van der Waals surface area contributed by atoms with Gasteiger partial charge in [-0.1, -0.05) is 43.3 Å². The highest BCUT2D eigenvalue weighted by atomic mass is 32.2. The van der Waals surface area contributed by atoms with E-state index in [1.165, 1.54) is 21.7 Å². The third-order valence-electron chi connectivity index (χ3n) is 5.27. The van der Waals surface area contributed by atoms with Crippen molar-refractivity contribution in [2.45, 2.75) is 11.8 Å². The first-order chi connectivity index (χ1) is 15.0. The first-order valence-corrected chi connectivity index (χ1v) is 12.4. The second-order valence-corrected chi connectivity index (χ2v) is 10.0. The highest BCUT2D eigenvalue weighted by Crippen LogP contribution is 2.25. The van der Waals surface area contributed by atoms with Gasteiger partial charge >= 0.3 is 0 Å². The number of hydrogen-bond donors (Lipinski definition) is 1. The van der Waals surface area contributed by atoms with Crippen molar-refractivity contribution >= 4 is 33.0 Å². The van der Waals surface area contributed by atoms with Crippen molar-refractivity contribution in [2.24, 2.45) is 0 Å². The summed E-state index contributed by atoms with van der Waals surface area (Å²) in [4.78, 5) is 19.5. The molecule has 4 rings (SSSR count). The summed E-state index contributed by atoms with van der Waals surface area (Å²) in [6.07, 6.45) is 0. The maximum Gasteiger partial charge on any atom is 0.275 e. The van der Waals surface area contributed by atoms with Crippen LogP contribution in [0.1, 0.15) is 17.4 Å². The molecule has 2 aromatic carbocycles. The average molecular weight is 457 g/mol. The molecule has 0 radical (unpaired) electrons. The highest BCUT2D eigenvalue weighted by molar-refractivity contribution is 7.89. The number of anilines is 1. The molecule has 1 aliphatic rings. The van der Waals surface area contributed by atoms with Gasteiger partial charge in [0.05, 0.1) is 4.90 Å². The Hall–Kier alpha value is -2.59. The molecule has 31 heavy (non-hydrogen) atoms. The van der Waals surface area contributed by atoms with Gasteiger partial charge in [-0.3, -0.25) is 4.79 Å². The van der Waals surface area contributed by atoms with E-state index in [4.69, 9.17) is 0 Å². The number of thiazole rings is 1. The van der Waals surface area contributed by atoms with Gasteiger partial charge < -0.3 is 10.2 Å². The quantitative estimate of drug-likeness (QED) is 0.615. The number of rotatable bonds is 6. The number of sulfonamides is 1. The Bertz CT molecular complexity index is 1150. The third kappa shape index (κ3) is 4.85. The summed E-state index contributed by atoms with van der Waals surface area (Å²) in [6, 6.07) is 16.0. The van der Waals surface area contributed by atoms with Crippen molar-refractivity contribution in [3.05, 3.63) is 65.7 Å². The predicted molar refractivity (Wildman–Crippen MR) is 123 cm³/mol. The maximum atomic E-state index is 13.0. The average Bonchev–Trinajstić information content (AvgIpc) is 3.30. The molecule has 1 aromatic heterocycles. The van der Waals surface area contributed by atoms with E-state index in [0.717, 1.165) is 30.2 Å². The number of likely N-dealkylation sites (N-methyl/N-ethyl adjacent to an activating group) is 1. The summed E-state index contributed by atoms with van der Waals surface area (Å²) in [5.41, 5.74) is 1.67. The molecular weight excluding hydrogens is 432 g/mol. The van der Waals surface area contributed by atoms with Crippen molar-refractivity contribution < 1.29 is 13.2 Å². The summed E-state index contributed by atoms with van der Waals surface area (Å²) < 4.78 is 27.6. The summed E-state index contributed by atoms with van der Waals surface area (Å²) >= 11 is 1.39. The normalized spacial score (nSPS) is 15.6. The van der Waals surface area contributed by atoms with Crippen LogP contribution in [0.25, 0.3) is 10.6 Å². The number of aromatic nitrogens is 1. The zero-order chi connectivity index (χ0) is 21.8. The van der Waals surface area contributed by atoms with E-state index in [2.05, 4.69) is 22.1 Å². The Labute approximate surface area is 186 Å². The van der Waals surface area contributed by atoms with Gasteiger partial charge in [0, 0.05) is 42.8 Å². The molecule has 0 saturated carbocycles. The molecule has 0 unspecified atom stereocenters. The summed E-state index contributed by atoms with van der Waals surface area (Å²) in [7, 11) is -3.61. The fraction of sp³-hybridized carbons (Fsp3) is 0.273. The van der Waals surface area contributed by atoms with Crippen LogP contribution in [0.4, 0.5) is 5.69 Å². The van der Waals surface area contributed by atoms with E-state index in [1.807, 2.05) is 30.3 Å². The van der Waals surface area contributed by atoms with Crippen LogP contribution in [0.2, 0.25) is 0 Å². The van der Waals surface area contributed by atoms with E-state index in [9.17, 15) is 13.2 Å². The number of nitrogens with zero attached hydrogens (tertiary/aromatic N) is 3. The van der Waals surface area contributed by atoms with E-state index in [-0.39, 0.29) is 10.8 Å². The molecule has 0 aliphatic carbocycles. The number of carbonyl (C=O) groups excluding carboxylic acids is 1. The van der Waals surface area contributed by atoms with Gasteiger partial charge in [-0.25, -0.2) is 13.4 Å². The lowest BCUT2D eigenvalue weighted by Gasteiger charge is -2.33. The lowest BCUT2D eigenvalue weighted by atomic mass is 10.2. The SMILES string of the molecule is CCN1CCN(S(=O)(=O)c2cccc(NC(=O)c3csc(-c4ccccc4)n3)c2)CC1. The Morgan fingerprint density at radius 1 is 1.06 bits per heavy atom. The molecule has 1 fully saturated rings. The molecule has 1 saturated heterocycles. The third-order valence-corrected chi connectivity index (χ3v) is 8.05. The summed E-state index contributed by atoms with van der Waals surface area (Å²) in [5, 5.41) is 5.23. The summed E-state index contributed by atoms with van der Waals surface area (Å²) in [6.45, 7) is 5.36. The molecule has 1 N–H and O–H groups in total. The first kappa shape index (κ1) is 21.6. The zero-order valence-electron chi connectivity index (χ0n) is 17.2. The minimum absolute atomic E-state index is 0.179. The molecule has 9 heteroatoms. The topological polar surface area (TPSA) is 82.6 Å². The van der Waals surface area contributed by atoms with Gasteiger partial charge in [-0.2, -0.15) is 4.31 Å². The predicted octanol–water partition coefficient (Wildman–Crippen LogP) is 3.39. The maximum absolute atomic E-state index is 13.0. The lowest BCUT2D eigenvalue weighted by molar-refractivity contribution is 0.102. The lowest BCUT2D eigenvalue weighted by Crippen LogP contribution is -2.48. The Morgan fingerprint density at radius 2 is 1.81 bits per heavy atom. The molecule has 1 amide bonds. The zero-order valence-corrected chi connectivity index (χ0v) is 18.8. The smallest absolute Gasteiger partial charge is 0.275 e. The Morgan fingerprint density at radius 3 is 2.52 bits per heavy atom. The number of carbonyl (C=O) groups is 1. The number of nitrogens with one attached hydrogen (secondary N) is 1. The van der Waals surface area contributed by atoms with Gasteiger partial charge in [-0.05, 0) is 24.7 Å². The minimum Gasteiger partial charge on any atom is -0.321 e. The van der Waals surface area contributed by atoms with Gasteiger partial charge in [0.1, 0.15) is 10.7 Å². The Balaban J connectivity index is 1.47. The molecule has 162 valence electrons. The molecule has 0 spiro atoms. The first-order valence-electron chi connectivity index (χ1n) is 10.1. The van der Waals surface area contributed by atoms with E-state index in [1.54, 1.807) is 23.6 Å². The Kier molecular flexibility index (Phi) is 6.47. The fourth-order valence-corrected chi connectivity index (χ4v) is 5.73. The monoisotopic (exact) mass is 456 g/mol. The van der Waals surface area contributed by atoms with Crippen molar-refractivity contribution in [1.29, 1.82) is 0 Å². The fourth-order valence-electron chi connectivity index (χ4n) is 3.46. The van der Waals surface area contributed by atoms with Crippen LogP contribution < -0.4 is 5.32 Å². The molecule has 3 aromatic rings. The largest absolute Gasteiger partial charge is 0.321 e. The van der Waals surface area contributed by atoms with Crippen LogP contribution in [-0.2, 0) is 10.0 Å². The van der Waals surface area contributed by atoms with Crippen LogP contribution in [0.3, 0.4) is 0 Å². The second kappa shape index (κ2) is 9.27. The van der Waals surface area contributed by atoms with E-state index in [0.29, 0.717) is 24.5 Å². The molecule has 7 nitrogen and oxygen atoms in total. The number of piperazine rings is 1. The van der Waals surface area contributed by atoms with Gasteiger partial charge in [0.25, 0.3) is 5.91 Å². The second-order valence-electron chi connectivity index (χ2n) is 7.22. The molecular formula is C22H24N4O3S2. The van der Waals surface area contributed by atoms with Crippen LogP contribution in [-0.4, -0.2) is 61.2 Å². The van der Waals surface area contributed by atoms with Crippen molar-refractivity contribution in [1.82, 2.24) is 14.2 Å². The molecule has 0 bridgehead atoms. The van der Waals surface area contributed by atoms with E-state index >= 15 is 0 Å². The van der Waals surface area contributed by atoms with Crippen LogP contribution >= 0.6 is 11.3 Å². The highest BCUT2D eigenvalue weighted by Gasteiger charge is 2.28. The number of hydrogen-bond acceptors (Lipinski definition) is 6. The van der Waals surface area contributed by atoms with Crippen LogP contribution in [0.15, 0.2) is 64.9 Å². The van der Waals surface area contributed by atoms with E-state index < -0.39 is 10.0 Å². The van der Waals surface area contributed by atoms with Crippen molar-refractivity contribution in [3.8, 4) is 10.6 Å². The standard InChI is InChI=1S/C22H24N4O3S2/c1-2-25-11-13-26(14-12-25)31(28,29)19-10-6-9-18(15-19)23-21(27)20-16-30-22(24-20)17-7-4-3-5-8-17/h3-10,15-16H,2,11-14H2,1H3,(H,23,27). The van der Waals surface area contributed by atoms with Crippen LogP contribution in [0.5, 0.6) is 0 Å².